The Labute approximate surface area is 168 Å². The van der Waals surface area contributed by atoms with Gasteiger partial charge in [0.25, 0.3) is 5.91 Å². The smallest absolute Gasteiger partial charge is 0.321 e. The van der Waals surface area contributed by atoms with E-state index in [1.54, 1.807) is 49.4 Å². The molecule has 0 heterocycles. The Balaban J connectivity index is 1.78. The lowest BCUT2D eigenvalue weighted by molar-refractivity contribution is -0.146. The summed E-state index contributed by atoms with van der Waals surface area (Å²) in [6.07, 6.45) is 1.40. The average Bonchev–Trinajstić information content (AvgIpc) is 2.67. The molecule has 2 rings (SSSR count). The van der Waals surface area contributed by atoms with Crippen LogP contribution in [0.2, 0.25) is 5.02 Å². The lowest BCUT2D eigenvalue weighted by Crippen LogP contribution is -2.31. The van der Waals surface area contributed by atoms with Crippen LogP contribution in [0.4, 0.5) is 5.69 Å². The maximum atomic E-state index is 11.9. The van der Waals surface area contributed by atoms with Crippen molar-refractivity contribution in [3.8, 4) is 0 Å². The fraction of sp³-hybridized carbons (Fsp3) is 0.158. The van der Waals surface area contributed by atoms with E-state index in [1.807, 2.05) is 6.07 Å². The number of hydrogen-bond donors (Lipinski definition) is 2. The maximum absolute atomic E-state index is 11.9. The number of sulfonamides is 1. The molecular formula is C19H19ClN2O5S. The molecule has 0 aliphatic carbocycles. The number of esters is 1. The van der Waals surface area contributed by atoms with Crippen molar-refractivity contribution in [2.45, 2.75) is 6.92 Å². The Morgan fingerprint density at radius 2 is 1.86 bits per heavy atom. The molecule has 0 saturated heterocycles. The summed E-state index contributed by atoms with van der Waals surface area (Å²) >= 11 is 5.87. The van der Waals surface area contributed by atoms with E-state index >= 15 is 0 Å². The van der Waals surface area contributed by atoms with Crippen molar-refractivity contribution < 1.29 is 22.7 Å². The van der Waals surface area contributed by atoms with Gasteiger partial charge in [-0.05, 0) is 36.3 Å². The molecule has 0 aliphatic heterocycles. The fourth-order valence-corrected chi connectivity index (χ4v) is 2.98. The van der Waals surface area contributed by atoms with Crippen molar-refractivity contribution in [1.82, 2.24) is 4.72 Å². The Morgan fingerprint density at radius 1 is 1.14 bits per heavy atom. The first-order valence-corrected chi connectivity index (χ1v) is 10.1. The molecule has 28 heavy (non-hydrogen) atoms. The Bertz CT molecular complexity index is 975. The van der Waals surface area contributed by atoms with Gasteiger partial charge in [0.1, 0.15) is 6.54 Å². The van der Waals surface area contributed by atoms with Gasteiger partial charge in [-0.25, -0.2) is 13.1 Å². The summed E-state index contributed by atoms with van der Waals surface area (Å²) < 4.78 is 30.6. The van der Waals surface area contributed by atoms with E-state index in [-0.39, 0.29) is 0 Å². The average molecular weight is 423 g/mol. The summed E-state index contributed by atoms with van der Waals surface area (Å²) in [5.41, 5.74) is 1.99. The molecule has 7 nitrogen and oxygen atoms in total. The first-order valence-electron chi connectivity index (χ1n) is 8.19. The SMILES string of the molecule is Cc1ccc(Cl)cc1NC(=O)COC(=O)CNS(=O)(=O)/C=C/c1ccccc1. The number of aryl methyl sites for hydroxylation is 1. The van der Waals surface area contributed by atoms with Gasteiger partial charge >= 0.3 is 5.97 Å². The summed E-state index contributed by atoms with van der Waals surface area (Å²) in [7, 11) is -3.82. The zero-order chi connectivity index (χ0) is 20.6. The molecule has 0 aliphatic rings. The number of benzene rings is 2. The number of anilines is 1. The molecule has 0 fully saturated rings. The lowest BCUT2D eigenvalue weighted by atomic mass is 10.2. The molecule has 0 bridgehead atoms. The zero-order valence-electron chi connectivity index (χ0n) is 15.0. The summed E-state index contributed by atoms with van der Waals surface area (Å²) in [5.74, 6) is -1.44. The van der Waals surface area contributed by atoms with Gasteiger partial charge in [0.05, 0.1) is 0 Å². The van der Waals surface area contributed by atoms with Crippen LogP contribution >= 0.6 is 11.6 Å². The van der Waals surface area contributed by atoms with Gasteiger partial charge in [-0.3, -0.25) is 9.59 Å². The van der Waals surface area contributed by atoms with E-state index in [9.17, 15) is 18.0 Å². The molecule has 0 aromatic heterocycles. The van der Waals surface area contributed by atoms with Crippen LogP contribution in [0.3, 0.4) is 0 Å². The Morgan fingerprint density at radius 3 is 2.57 bits per heavy atom. The van der Waals surface area contributed by atoms with Crippen LogP contribution in [-0.4, -0.2) is 33.4 Å². The highest BCUT2D eigenvalue weighted by Gasteiger charge is 2.12. The van der Waals surface area contributed by atoms with Gasteiger partial charge in [-0.2, -0.15) is 0 Å². The molecule has 0 atom stereocenters. The quantitative estimate of drug-likeness (QED) is 0.637. The van der Waals surface area contributed by atoms with Crippen LogP contribution in [0.5, 0.6) is 0 Å². The third-order valence-electron chi connectivity index (χ3n) is 3.49. The van der Waals surface area contributed by atoms with Crippen molar-refractivity contribution >= 4 is 45.3 Å². The van der Waals surface area contributed by atoms with Gasteiger partial charge in [0.2, 0.25) is 10.0 Å². The lowest BCUT2D eigenvalue weighted by Gasteiger charge is -2.09. The largest absolute Gasteiger partial charge is 0.455 e. The predicted octanol–water partition coefficient (Wildman–Crippen LogP) is 2.72. The second kappa shape index (κ2) is 10.0. The van der Waals surface area contributed by atoms with E-state index in [1.165, 1.54) is 6.08 Å². The highest BCUT2D eigenvalue weighted by molar-refractivity contribution is 7.92. The number of hydrogen-bond acceptors (Lipinski definition) is 5. The van der Waals surface area contributed by atoms with Gasteiger partial charge in [-0.1, -0.05) is 48.0 Å². The van der Waals surface area contributed by atoms with Crippen molar-refractivity contribution in [3.05, 3.63) is 70.1 Å². The zero-order valence-corrected chi connectivity index (χ0v) is 16.6. The van der Waals surface area contributed by atoms with Crippen molar-refractivity contribution in [2.75, 3.05) is 18.5 Å². The minimum Gasteiger partial charge on any atom is -0.455 e. The second-order valence-electron chi connectivity index (χ2n) is 5.75. The Kier molecular flexibility index (Phi) is 7.74. The first kappa shape index (κ1) is 21.6. The molecule has 2 N–H and O–H groups in total. The molecule has 0 spiro atoms. The standard InChI is InChI=1S/C19H19ClN2O5S/c1-14-7-8-16(20)11-17(14)22-18(23)13-27-19(24)12-21-28(25,26)10-9-15-5-3-2-4-6-15/h2-11,21H,12-13H2,1H3,(H,22,23)/b10-9+. The number of rotatable bonds is 8. The van der Waals surface area contributed by atoms with Gasteiger partial charge in [0, 0.05) is 16.1 Å². The number of nitrogens with one attached hydrogen (secondary N) is 2. The minimum atomic E-state index is -3.82. The summed E-state index contributed by atoms with van der Waals surface area (Å²) in [5, 5.41) is 3.97. The van der Waals surface area contributed by atoms with Crippen LogP contribution in [0.15, 0.2) is 53.9 Å². The third-order valence-corrected chi connectivity index (χ3v) is 4.77. The number of amides is 1. The van der Waals surface area contributed by atoms with E-state index in [2.05, 4.69) is 10.0 Å². The number of carbonyl (C=O) groups excluding carboxylic acids is 2. The molecule has 148 valence electrons. The van der Waals surface area contributed by atoms with E-state index in [0.29, 0.717) is 16.3 Å². The number of carbonyl (C=O) groups is 2. The normalized spacial score (nSPS) is 11.4. The topological polar surface area (TPSA) is 102 Å². The number of halogens is 1. The molecule has 2 aromatic rings. The summed E-state index contributed by atoms with van der Waals surface area (Å²) in [6, 6.07) is 13.8. The molecular weight excluding hydrogens is 404 g/mol. The molecule has 0 saturated carbocycles. The van der Waals surface area contributed by atoms with E-state index < -0.39 is 35.1 Å². The Hall–Kier alpha value is -2.68. The highest BCUT2D eigenvalue weighted by atomic mass is 35.5. The summed E-state index contributed by atoms with van der Waals surface area (Å²) in [4.78, 5) is 23.5. The number of ether oxygens (including phenoxy) is 1. The monoisotopic (exact) mass is 422 g/mol. The molecule has 2 aromatic carbocycles. The molecule has 0 unspecified atom stereocenters. The summed E-state index contributed by atoms with van der Waals surface area (Å²) in [6.45, 7) is 0.646. The third kappa shape index (κ3) is 7.51. The second-order valence-corrected chi connectivity index (χ2v) is 7.83. The maximum Gasteiger partial charge on any atom is 0.321 e. The molecule has 0 radical (unpaired) electrons. The van der Waals surface area contributed by atoms with Gasteiger partial charge in [-0.15, -0.1) is 0 Å². The van der Waals surface area contributed by atoms with Crippen LogP contribution in [0, 0.1) is 6.92 Å². The van der Waals surface area contributed by atoms with Crippen LogP contribution in [-0.2, 0) is 24.3 Å². The van der Waals surface area contributed by atoms with Crippen molar-refractivity contribution in [3.63, 3.8) is 0 Å². The molecule has 1 amide bonds. The highest BCUT2D eigenvalue weighted by Crippen LogP contribution is 2.19. The van der Waals surface area contributed by atoms with Crippen LogP contribution in [0.25, 0.3) is 6.08 Å². The predicted molar refractivity (Wildman–Crippen MR) is 108 cm³/mol. The van der Waals surface area contributed by atoms with Crippen molar-refractivity contribution in [2.24, 2.45) is 0 Å². The van der Waals surface area contributed by atoms with E-state index in [4.69, 9.17) is 16.3 Å². The molecule has 9 heteroatoms. The fourth-order valence-electron chi connectivity index (χ4n) is 2.05. The van der Waals surface area contributed by atoms with Gasteiger partial charge < -0.3 is 10.1 Å². The van der Waals surface area contributed by atoms with Gasteiger partial charge in [0.15, 0.2) is 6.61 Å². The van der Waals surface area contributed by atoms with Crippen LogP contribution in [0.1, 0.15) is 11.1 Å². The first-order chi connectivity index (χ1) is 13.2. The minimum absolute atomic E-state index is 0.454. The van der Waals surface area contributed by atoms with Crippen molar-refractivity contribution in [1.29, 1.82) is 0 Å². The van der Waals surface area contributed by atoms with E-state index in [0.717, 1.165) is 11.0 Å². The van der Waals surface area contributed by atoms with Crippen LogP contribution < -0.4 is 10.0 Å².